The second kappa shape index (κ2) is 7.12. The Morgan fingerprint density at radius 1 is 1.38 bits per heavy atom. The van der Waals surface area contributed by atoms with Crippen molar-refractivity contribution in [1.82, 2.24) is 9.80 Å². The van der Waals surface area contributed by atoms with Crippen LogP contribution in [0.1, 0.15) is 27.2 Å². The lowest BCUT2D eigenvalue weighted by atomic mass is 9.89. The van der Waals surface area contributed by atoms with Gasteiger partial charge < -0.3 is 9.64 Å². The summed E-state index contributed by atoms with van der Waals surface area (Å²) in [6, 6.07) is -0.0338. The number of allylic oxidation sites excluding steroid dienone is 3. The second-order valence-electron chi connectivity index (χ2n) is 6.43. The predicted molar refractivity (Wildman–Crippen MR) is 84.8 cm³/mol. The first kappa shape index (κ1) is 16.1. The van der Waals surface area contributed by atoms with Crippen LogP contribution in [0.5, 0.6) is 0 Å². The molecule has 2 unspecified atom stereocenters. The zero-order chi connectivity index (χ0) is 15.4. The molecule has 1 amide bonds. The summed E-state index contributed by atoms with van der Waals surface area (Å²) in [6.07, 6.45) is 7.59. The average molecular weight is 292 g/mol. The molecular weight excluding hydrogens is 264 g/mol. The van der Waals surface area contributed by atoms with E-state index in [1.807, 2.05) is 14.0 Å². The quantitative estimate of drug-likeness (QED) is 0.779. The van der Waals surface area contributed by atoms with Gasteiger partial charge in [0.15, 0.2) is 0 Å². The van der Waals surface area contributed by atoms with Crippen LogP contribution in [0.2, 0.25) is 0 Å². The molecule has 0 aromatic carbocycles. The van der Waals surface area contributed by atoms with Crippen LogP contribution in [0.3, 0.4) is 0 Å². The van der Waals surface area contributed by atoms with E-state index in [0.29, 0.717) is 18.4 Å². The average Bonchev–Trinajstić information content (AvgIpc) is 2.48. The van der Waals surface area contributed by atoms with Gasteiger partial charge >= 0.3 is 0 Å². The molecule has 1 fully saturated rings. The van der Waals surface area contributed by atoms with Gasteiger partial charge in [0.25, 0.3) is 0 Å². The summed E-state index contributed by atoms with van der Waals surface area (Å²) in [6.45, 7) is 9.66. The predicted octanol–water partition coefficient (Wildman–Crippen LogP) is 2.28. The Bertz CT molecular complexity index is 429. The van der Waals surface area contributed by atoms with Crippen LogP contribution in [0, 0.1) is 11.8 Å². The highest BCUT2D eigenvalue weighted by atomic mass is 16.5. The molecule has 2 atom stereocenters. The Morgan fingerprint density at radius 2 is 2.14 bits per heavy atom. The molecule has 0 N–H and O–H groups in total. The van der Waals surface area contributed by atoms with E-state index in [1.165, 1.54) is 0 Å². The molecule has 1 aliphatic heterocycles. The van der Waals surface area contributed by atoms with Crippen LogP contribution >= 0.6 is 0 Å². The van der Waals surface area contributed by atoms with Gasteiger partial charge in [0.05, 0.1) is 6.04 Å². The van der Waals surface area contributed by atoms with Crippen LogP contribution in [-0.2, 0) is 9.53 Å². The lowest BCUT2D eigenvalue weighted by Crippen LogP contribution is -2.55. The van der Waals surface area contributed by atoms with Gasteiger partial charge in [-0.2, -0.15) is 0 Å². The van der Waals surface area contributed by atoms with Gasteiger partial charge in [-0.15, -0.1) is 0 Å². The molecular formula is C17H28N2O2. The monoisotopic (exact) mass is 292 g/mol. The molecule has 2 rings (SSSR count). The minimum Gasteiger partial charge on any atom is -0.493 e. The van der Waals surface area contributed by atoms with E-state index < -0.39 is 0 Å². The molecule has 21 heavy (non-hydrogen) atoms. The Balaban J connectivity index is 1.73. The molecule has 0 aromatic rings. The van der Waals surface area contributed by atoms with Gasteiger partial charge in [-0.1, -0.05) is 19.9 Å². The zero-order valence-electron chi connectivity index (χ0n) is 13.7. The van der Waals surface area contributed by atoms with Crippen LogP contribution < -0.4 is 0 Å². The minimum absolute atomic E-state index is 0.0338. The number of hydrogen-bond donors (Lipinski definition) is 0. The first-order valence-corrected chi connectivity index (χ1v) is 7.99. The maximum Gasteiger partial charge on any atom is 0.239 e. The van der Waals surface area contributed by atoms with Crippen molar-refractivity contribution in [2.24, 2.45) is 11.8 Å². The maximum absolute atomic E-state index is 11.9. The molecule has 1 heterocycles. The van der Waals surface area contributed by atoms with Crippen molar-refractivity contribution in [2.75, 3.05) is 33.3 Å². The fourth-order valence-electron chi connectivity index (χ4n) is 2.86. The normalized spacial score (nSPS) is 27.2. The van der Waals surface area contributed by atoms with E-state index in [-0.39, 0.29) is 11.9 Å². The number of amides is 1. The maximum atomic E-state index is 11.9. The van der Waals surface area contributed by atoms with E-state index in [1.54, 1.807) is 4.90 Å². The zero-order valence-corrected chi connectivity index (χ0v) is 13.7. The number of likely N-dealkylation sites (N-methyl/N-ethyl adjacent to an activating group) is 1. The molecule has 118 valence electrons. The third-order valence-corrected chi connectivity index (χ3v) is 4.61. The summed E-state index contributed by atoms with van der Waals surface area (Å²) in [5.74, 6) is 2.49. The summed E-state index contributed by atoms with van der Waals surface area (Å²) in [4.78, 5) is 15.9. The largest absolute Gasteiger partial charge is 0.493 e. The highest BCUT2D eigenvalue weighted by molar-refractivity contribution is 5.81. The third-order valence-electron chi connectivity index (χ3n) is 4.61. The Morgan fingerprint density at radius 3 is 2.76 bits per heavy atom. The number of nitrogens with zero attached hydrogens (tertiary/aromatic N) is 2. The lowest BCUT2D eigenvalue weighted by Gasteiger charge is -2.37. The summed E-state index contributed by atoms with van der Waals surface area (Å²) >= 11 is 0. The molecule has 4 heteroatoms. The molecule has 0 saturated carbocycles. The standard InChI is InChI=1S/C17H28N2O2/c1-13(2)15-5-7-16(8-6-15)21-12-11-19-10-9-18(4)17(20)14(19)3/h5,7-8,13-15H,6,9-12H2,1-4H3. The lowest BCUT2D eigenvalue weighted by molar-refractivity contribution is -0.139. The molecule has 1 aliphatic carbocycles. The smallest absolute Gasteiger partial charge is 0.239 e. The van der Waals surface area contributed by atoms with Gasteiger partial charge in [0.2, 0.25) is 5.91 Å². The van der Waals surface area contributed by atoms with Gasteiger partial charge in [-0.3, -0.25) is 9.69 Å². The molecule has 0 aromatic heterocycles. The van der Waals surface area contributed by atoms with Crippen molar-refractivity contribution in [3.63, 3.8) is 0 Å². The number of ether oxygens (including phenoxy) is 1. The van der Waals surface area contributed by atoms with Gasteiger partial charge in [0.1, 0.15) is 12.4 Å². The summed E-state index contributed by atoms with van der Waals surface area (Å²) in [5, 5.41) is 0. The Labute approximate surface area is 128 Å². The highest BCUT2D eigenvalue weighted by Gasteiger charge is 2.28. The van der Waals surface area contributed by atoms with Crippen LogP contribution in [-0.4, -0.2) is 55.0 Å². The van der Waals surface area contributed by atoms with E-state index in [9.17, 15) is 4.79 Å². The molecule has 0 spiro atoms. The van der Waals surface area contributed by atoms with Crippen molar-refractivity contribution in [1.29, 1.82) is 0 Å². The SMILES string of the molecule is CC(C)C1C=CC(OCCN2CCN(C)C(=O)C2C)=CC1. The highest BCUT2D eigenvalue weighted by Crippen LogP contribution is 2.23. The number of piperazine rings is 1. The number of carbonyl (C=O) groups is 1. The summed E-state index contributed by atoms with van der Waals surface area (Å²) in [5.41, 5.74) is 0. The van der Waals surface area contributed by atoms with Crippen molar-refractivity contribution in [3.8, 4) is 0 Å². The molecule has 0 radical (unpaired) electrons. The van der Waals surface area contributed by atoms with Crippen molar-refractivity contribution >= 4 is 5.91 Å². The fourth-order valence-corrected chi connectivity index (χ4v) is 2.86. The topological polar surface area (TPSA) is 32.8 Å². The van der Waals surface area contributed by atoms with Crippen LogP contribution in [0.4, 0.5) is 0 Å². The number of hydrogen-bond acceptors (Lipinski definition) is 3. The van der Waals surface area contributed by atoms with Gasteiger partial charge in [-0.25, -0.2) is 0 Å². The van der Waals surface area contributed by atoms with E-state index in [4.69, 9.17) is 4.74 Å². The fraction of sp³-hybridized carbons (Fsp3) is 0.706. The van der Waals surface area contributed by atoms with Crippen molar-refractivity contribution < 1.29 is 9.53 Å². The Hall–Kier alpha value is -1.29. The van der Waals surface area contributed by atoms with Crippen LogP contribution in [0.15, 0.2) is 24.0 Å². The molecule has 0 bridgehead atoms. The summed E-state index contributed by atoms with van der Waals surface area (Å²) < 4.78 is 5.83. The van der Waals surface area contributed by atoms with E-state index in [0.717, 1.165) is 31.8 Å². The second-order valence-corrected chi connectivity index (χ2v) is 6.43. The third kappa shape index (κ3) is 4.10. The first-order valence-electron chi connectivity index (χ1n) is 7.99. The first-order chi connectivity index (χ1) is 9.99. The van der Waals surface area contributed by atoms with Crippen molar-refractivity contribution in [2.45, 2.75) is 33.2 Å². The van der Waals surface area contributed by atoms with Crippen LogP contribution in [0.25, 0.3) is 0 Å². The van der Waals surface area contributed by atoms with E-state index >= 15 is 0 Å². The number of carbonyl (C=O) groups excluding carboxylic acids is 1. The van der Waals surface area contributed by atoms with Crippen molar-refractivity contribution in [3.05, 3.63) is 24.0 Å². The Kier molecular flexibility index (Phi) is 5.45. The van der Waals surface area contributed by atoms with E-state index in [2.05, 4.69) is 37.0 Å². The minimum atomic E-state index is -0.0338. The molecule has 2 aliphatic rings. The molecule has 4 nitrogen and oxygen atoms in total. The summed E-state index contributed by atoms with van der Waals surface area (Å²) in [7, 11) is 1.87. The van der Waals surface area contributed by atoms with Gasteiger partial charge in [0, 0.05) is 26.7 Å². The van der Waals surface area contributed by atoms with Gasteiger partial charge in [-0.05, 0) is 37.3 Å². The number of rotatable bonds is 5. The molecule has 1 saturated heterocycles.